The van der Waals surface area contributed by atoms with Crippen LogP contribution in [-0.4, -0.2) is 66.6 Å². The van der Waals surface area contributed by atoms with Gasteiger partial charge in [-0.05, 0) is 24.3 Å². The molecule has 0 spiro atoms. The molecule has 1 aromatic carbocycles. The first-order valence-corrected chi connectivity index (χ1v) is 11.1. The van der Waals surface area contributed by atoms with E-state index in [1.54, 1.807) is 4.90 Å². The summed E-state index contributed by atoms with van der Waals surface area (Å²) in [6.45, 7) is -1.03. The van der Waals surface area contributed by atoms with E-state index in [2.05, 4.69) is 20.9 Å². The van der Waals surface area contributed by atoms with Gasteiger partial charge >= 0.3 is 5.97 Å². The number of amidine groups is 1. The zero-order valence-corrected chi connectivity index (χ0v) is 16.6. The van der Waals surface area contributed by atoms with Gasteiger partial charge in [0.15, 0.2) is 15.0 Å². The van der Waals surface area contributed by atoms with Crippen LogP contribution >= 0.6 is 27.7 Å². The summed E-state index contributed by atoms with van der Waals surface area (Å²) in [6.07, 6.45) is 0. The lowest BCUT2D eigenvalue weighted by atomic mass is 10.2. The molecule has 0 saturated carbocycles. The molecule has 1 amide bonds. The normalized spacial score (nSPS) is 25.4. The zero-order valence-electron chi connectivity index (χ0n) is 13.4. The van der Waals surface area contributed by atoms with Gasteiger partial charge in [0, 0.05) is 15.4 Å². The van der Waals surface area contributed by atoms with Crippen molar-refractivity contribution < 1.29 is 27.9 Å². The Labute approximate surface area is 162 Å². The molecule has 2 heterocycles. The number of thioether (sulfide) groups is 1. The van der Waals surface area contributed by atoms with Crippen molar-refractivity contribution in [3.63, 3.8) is 0 Å². The van der Waals surface area contributed by atoms with E-state index in [0.29, 0.717) is 5.17 Å². The predicted molar refractivity (Wildman–Crippen MR) is 101 cm³/mol. The Morgan fingerprint density at radius 1 is 1.27 bits per heavy atom. The molecule has 26 heavy (non-hydrogen) atoms. The van der Waals surface area contributed by atoms with Gasteiger partial charge in [0.2, 0.25) is 0 Å². The maximum Gasteiger partial charge on any atom is 0.329 e. The Hall–Kier alpha value is -1.43. The number of rotatable bonds is 5. The summed E-state index contributed by atoms with van der Waals surface area (Å²) in [6, 6.07) is 6.99. The molecule has 2 atom stereocenters. The third kappa shape index (κ3) is 4.45. The lowest BCUT2D eigenvalue weighted by Gasteiger charge is -2.24. The fourth-order valence-corrected chi connectivity index (χ4v) is 7.03. The Morgan fingerprint density at radius 3 is 2.62 bits per heavy atom. The number of anilines is 1. The fourth-order valence-electron chi connectivity index (χ4n) is 2.83. The highest BCUT2D eigenvalue weighted by atomic mass is 79.9. The van der Waals surface area contributed by atoms with Crippen LogP contribution in [0.15, 0.2) is 33.7 Å². The first-order chi connectivity index (χ1) is 12.2. The molecule has 0 radical (unpaired) electrons. The van der Waals surface area contributed by atoms with E-state index in [-0.39, 0.29) is 22.8 Å². The SMILES string of the molecule is O=C(O)COCC(=O)N=C1S[C@@H]2CS(=O)(=O)C[C@H]2N1c1ccc(Br)cc1. The number of hydrogen-bond acceptors (Lipinski definition) is 6. The second kappa shape index (κ2) is 7.67. The monoisotopic (exact) mass is 462 g/mol. The Morgan fingerprint density at radius 2 is 1.96 bits per heavy atom. The minimum absolute atomic E-state index is 0.00343. The molecule has 11 heteroatoms. The van der Waals surface area contributed by atoms with E-state index in [1.807, 2.05) is 24.3 Å². The first kappa shape index (κ1) is 19.3. The molecule has 1 N–H and O–H groups in total. The van der Waals surface area contributed by atoms with E-state index < -0.39 is 34.9 Å². The summed E-state index contributed by atoms with van der Waals surface area (Å²) in [5.41, 5.74) is 0.739. The molecular formula is C15H15BrN2O6S2. The summed E-state index contributed by atoms with van der Waals surface area (Å²) < 4.78 is 29.6. The van der Waals surface area contributed by atoms with Gasteiger partial charge in [-0.1, -0.05) is 27.7 Å². The van der Waals surface area contributed by atoms with Crippen LogP contribution in [0.5, 0.6) is 0 Å². The number of carbonyl (C=O) groups excluding carboxylic acids is 1. The average molecular weight is 463 g/mol. The molecule has 0 unspecified atom stereocenters. The van der Waals surface area contributed by atoms with Crippen molar-refractivity contribution in [1.29, 1.82) is 0 Å². The highest BCUT2D eigenvalue weighted by molar-refractivity contribution is 9.10. The van der Waals surface area contributed by atoms with Crippen LogP contribution < -0.4 is 4.90 Å². The van der Waals surface area contributed by atoms with Crippen LogP contribution in [0.25, 0.3) is 0 Å². The molecule has 0 bridgehead atoms. The van der Waals surface area contributed by atoms with E-state index in [0.717, 1.165) is 10.2 Å². The van der Waals surface area contributed by atoms with Gasteiger partial charge in [0.05, 0.1) is 17.5 Å². The average Bonchev–Trinajstić information content (AvgIpc) is 2.99. The number of hydrogen-bond donors (Lipinski definition) is 1. The number of carboxylic acid groups (broad SMARTS) is 1. The molecular weight excluding hydrogens is 448 g/mol. The van der Waals surface area contributed by atoms with Gasteiger partial charge in [-0.3, -0.25) is 4.79 Å². The second-order valence-electron chi connectivity index (χ2n) is 5.82. The summed E-state index contributed by atoms with van der Waals surface area (Å²) in [5.74, 6) is -1.74. The van der Waals surface area contributed by atoms with E-state index in [1.165, 1.54) is 11.8 Å². The standard InChI is InChI=1S/C15H15BrN2O6S2/c16-9-1-3-10(4-2-9)18-11-7-26(22,23)8-12(11)25-15(18)17-13(19)5-24-6-14(20)21/h1-4,11-12H,5-8H2,(H,20,21)/t11-,12-/m1/s1. The zero-order chi connectivity index (χ0) is 18.9. The lowest BCUT2D eigenvalue weighted by Crippen LogP contribution is -2.37. The smallest absolute Gasteiger partial charge is 0.329 e. The molecule has 0 aliphatic carbocycles. The minimum Gasteiger partial charge on any atom is -0.480 e. The van der Waals surface area contributed by atoms with Gasteiger partial charge in [0.1, 0.15) is 13.2 Å². The van der Waals surface area contributed by atoms with Crippen molar-refractivity contribution in [3.8, 4) is 0 Å². The maximum absolute atomic E-state index is 12.0. The number of halogens is 1. The van der Waals surface area contributed by atoms with Crippen LogP contribution in [0, 0.1) is 0 Å². The van der Waals surface area contributed by atoms with Crippen LogP contribution in [-0.2, 0) is 24.2 Å². The molecule has 0 aromatic heterocycles. The number of carbonyl (C=O) groups is 2. The summed E-state index contributed by atoms with van der Waals surface area (Å²) in [4.78, 5) is 28.2. The quantitative estimate of drug-likeness (QED) is 0.692. The Kier molecular flexibility index (Phi) is 5.70. The minimum atomic E-state index is -3.13. The van der Waals surface area contributed by atoms with Crippen LogP contribution in [0.3, 0.4) is 0 Å². The number of sulfone groups is 1. The van der Waals surface area contributed by atoms with Crippen LogP contribution in [0.1, 0.15) is 0 Å². The molecule has 1 aromatic rings. The molecule has 2 aliphatic rings. The summed E-state index contributed by atoms with van der Waals surface area (Å²) in [5, 5.41) is 8.74. The van der Waals surface area contributed by atoms with Gasteiger partial charge < -0.3 is 14.7 Å². The molecule has 8 nitrogen and oxygen atoms in total. The predicted octanol–water partition coefficient (Wildman–Crippen LogP) is 1.15. The number of ether oxygens (including phenoxy) is 1. The Bertz CT molecular complexity index is 855. The number of amides is 1. The van der Waals surface area contributed by atoms with Crippen molar-refractivity contribution >= 4 is 60.3 Å². The topological polar surface area (TPSA) is 113 Å². The largest absolute Gasteiger partial charge is 0.480 e. The number of fused-ring (bicyclic) bond motifs is 1. The van der Waals surface area contributed by atoms with Crippen molar-refractivity contribution in [2.24, 2.45) is 4.99 Å². The van der Waals surface area contributed by atoms with Gasteiger partial charge in [-0.15, -0.1) is 0 Å². The third-order valence-electron chi connectivity index (χ3n) is 3.84. The summed E-state index contributed by atoms with van der Waals surface area (Å²) in [7, 11) is -3.13. The highest BCUT2D eigenvalue weighted by Crippen LogP contribution is 2.41. The first-order valence-electron chi connectivity index (χ1n) is 7.58. The maximum atomic E-state index is 12.0. The number of benzene rings is 1. The molecule has 140 valence electrons. The fraction of sp³-hybridized carbons (Fsp3) is 0.400. The molecule has 3 rings (SSSR count). The van der Waals surface area contributed by atoms with E-state index in [9.17, 15) is 18.0 Å². The number of carboxylic acids is 1. The summed E-state index contributed by atoms with van der Waals surface area (Å²) >= 11 is 4.61. The van der Waals surface area contributed by atoms with Gasteiger partial charge in [-0.2, -0.15) is 4.99 Å². The lowest BCUT2D eigenvalue weighted by molar-refractivity contribution is -0.143. The molecule has 2 saturated heterocycles. The van der Waals surface area contributed by atoms with Crippen molar-refractivity contribution in [3.05, 3.63) is 28.7 Å². The van der Waals surface area contributed by atoms with Crippen molar-refractivity contribution in [1.82, 2.24) is 0 Å². The number of aliphatic carboxylic acids is 1. The van der Waals surface area contributed by atoms with Gasteiger partial charge in [0.25, 0.3) is 5.91 Å². The second-order valence-corrected chi connectivity index (χ2v) is 10.1. The van der Waals surface area contributed by atoms with E-state index in [4.69, 9.17) is 9.84 Å². The van der Waals surface area contributed by atoms with Crippen LogP contribution in [0.4, 0.5) is 5.69 Å². The van der Waals surface area contributed by atoms with Gasteiger partial charge in [-0.25, -0.2) is 13.2 Å². The van der Waals surface area contributed by atoms with Crippen molar-refractivity contribution in [2.75, 3.05) is 29.6 Å². The molecule has 2 aliphatic heterocycles. The number of aliphatic imine (C=N–C) groups is 1. The van der Waals surface area contributed by atoms with Crippen molar-refractivity contribution in [2.45, 2.75) is 11.3 Å². The van der Waals surface area contributed by atoms with Crippen LogP contribution in [0.2, 0.25) is 0 Å². The molecule has 2 fully saturated rings. The highest BCUT2D eigenvalue weighted by Gasteiger charge is 2.49. The Balaban J connectivity index is 1.84. The number of nitrogens with zero attached hydrogens (tertiary/aromatic N) is 2. The van der Waals surface area contributed by atoms with E-state index >= 15 is 0 Å². The third-order valence-corrected chi connectivity index (χ3v) is 7.58.